The zero-order chi connectivity index (χ0) is 11.9. The van der Waals surface area contributed by atoms with Crippen molar-refractivity contribution in [1.29, 1.82) is 0 Å². The van der Waals surface area contributed by atoms with E-state index in [0.717, 1.165) is 13.0 Å². The van der Waals surface area contributed by atoms with Crippen molar-refractivity contribution < 1.29 is 13.2 Å². The van der Waals surface area contributed by atoms with E-state index in [-0.39, 0.29) is 6.04 Å². The number of halogens is 3. The summed E-state index contributed by atoms with van der Waals surface area (Å²) in [5.41, 5.74) is -0.603. The maximum atomic E-state index is 12.1. The van der Waals surface area contributed by atoms with E-state index in [1.54, 1.807) is 13.1 Å². The Bertz CT molecular complexity index is 261. The van der Waals surface area contributed by atoms with Crippen molar-refractivity contribution >= 4 is 0 Å². The fraction of sp³-hybridized carbons (Fsp3) is 0.455. The van der Waals surface area contributed by atoms with Gasteiger partial charge in [0, 0.05) is 11.6 Å². The molecule has 0 aliphatic heterocycles. The van der Waals surface area contributed by atoms with Gasteiger partial charge in [0.15, 0.2) is 0 Å². The molecule has 0 aliphatic carbocycles. The molecule has 0 aromatic rings. The summed E-state index contributed by atoms with van der Waals surface area (Å²) < 4.78 is 36.2. The van der Waals surface area contributed by atoms with Gasteiger partial charge in [-0.15, -0.1) is 0 Å². The molecular formula is C11H16F3N. The number of hydrogen-bond donors (Lipinski definition) is 1. The molecule has 15 heavy (non-hydrogen) atoms. The molecule has 4 heteroatoms. The molecule has 1 nitrogen and oxygen atoms in total. The fourth-order valence-corrected chi connectivity index (χ4v) is 0.878. The molecule has 0 saturated carbocycles. The number of hydrogen-bond acceptors (Lipinski definition) is 1. The monoisotopic (exact) mass is 219 g/mol. The molecule has 0 heterocycles. The minimum absolute atomic E-state index is 0.0349. The highest BCUT2D eigenvalue weighted by atomic mass is 19.4. The first-order chi connectivity index (χ1) is 6.91. The molecular weight excluding hydrogens is 203 g/mol. The quantitative estimate of drug-likeness (QED) is 0.565. The summed E-state index contributed by atoms with van der Waals surface area (Å²) >= 11 is 0. The van der Waals surface area contributed by atoms with Gasteiger partial charge in [-0.2, -0.15) is 13.2 Å². The van der Waals surface area contributed by atoms with E-state index >= 15 is 0 Å². The van der Waals surface area contributed by atoms with Gasteiger partial charge in [0.25, 0.3) is 0 Å². The van der Waals surface area contributed by atoms with Crippen LogP contribution in [0.15, 0.2) is 36.0 Å². The minimum Gasteiger partial charge on any atom is -0.310 e. The Morgan fingerprint density at radius 1 is 1.27 bits per heavy atom. The molecule has 0 bridgehead atoms. The molecule has 1 unspecified atom stereocenters. The Morgan fingerprint density at radius 3 is 2.27 bits per heavy atom. The maximum Gasteiger partial charge on any atom is 0.412 e. The van der Waals surface area contributed by atoms with Crippen LogP contribution in [0.2, 0.25) is 0 Å². The molecule has 0 amide bonds. The van der Waals surface area contributed by atoms with Crippen LogP contribution >= 0.6 is 0 Å². The van der Waals surface area contributed by atoms with E-state index in [1.165, 1.54) is 6.08 Å². The highest BCUT2D eigenvalue weighted by Crippen LogP contribution is 2.24. The number of rotatable bonds is 4. The molecule has 0 spiro atoms. The van der Waals surface area contributed by atoms with Gasteiger partial charge in [-0.1, -0.05) is 30.4 Å². The molecule has 0 aromatic carbocycles. The van der Waals surface area contributed by atoms with Crippen molar-refractivity contribution in [1.82, 2.24) is 5.32 Å². The predicted octanol–water partition coefficient (Wildman–Crippen LogP) is 3.22. The molecule has 0 aromatic heterocycles. The van der Waals surface area contributed by atoms with Crippen LogP contribution in [-0.4, -0.2) is 19.3 Å². The van der Waals surface area contributed by atoms with Crippen LogP contribution < -0.4 is 5.32 Å². The van der Waals surface area contributed by atoms with Gasteiger partial charge in [-0.25, -0.2) is 0 Å². The highest BCUT2D eigenvalue weighted by Gasteiger charge is 2.29. The van der Waals surface area contributed by atoms with Crippen LogP contribution in [0.5, 0.6) is 0 Å². The summed E-state index contributed by atoms with van der Waals surface area (Å²) in [6, 6.07) is -0.0349. The number of likely N-dealkylation sites (N-methyl/N-ethyl adjacent to an activating group) is 1. The topological polar surface area (TPSA) is 12.0 Å². The van der Waals surface area contributed by atoms with Crippen molar-refractivity contribution in [2.45, 2.75) is 26.1 Å². The first-order valence-electron chi connectivity index (χ1n) is 4.64. The summed E-state index contributed by atoms with van der Waals surface area (Å²) in [5.74, 6) is 0. The lowest BCUT2D eigenvalue weighted by Gasteiger charge is -2.06. The van der Waals surface area contributed by atoms with E-state index in [4.69, 9.17) is 0 Å². The van der Waals surface area contributed by atoms with E-state index in [2.05, 4.69) is 5.32 Å². The number of alkyl halides is 3. The predicted molar refractivity (Wildman–Crippen MR) is 56.6 cm³/mol. The lowest BCUT2D eigenvalue weighted by atomic mass is 10.2. The molecule has 0 saturated heterocycles. The number of allylic oxidation sites excluding steroid dienone is 4. The average Bonchev–Trinajstić information content (AvgIpc) is 2.14. The summed E-state index contributed by atoms with van der Waals surface area (Å²) in [6.45, 7) is 2.91. The van der Waals surface area contributed by atoms with Crippen molar-refractivity contribution in [2.75, 3.05) is 7.05 Å². The van der Waals surface area contributed by atoms with Crippen LogP contribution in [0.4, 0.5) is 13.2 Å². The number of nitrogens with one attached hydrogen (secondary N) is 1. The zero-order valence-electron chi connectivity index (χ0n) is 9.10. The highest BCUT2D eigenvalue weighted by molar-refractivity contribution is 5.17. The van der Waals surface area contributed by atoms with Crippen LogP contribution in [-0.2, 0) is 0 Å². The Kier molecular flexibility index (Phi) is 6.01. The van der Waals surface area contributed by atoms with Crippen LogP contribution in [0, 0.1) is 0 Å². The molecule has 0 fully saturated rings. The summed E-state index contributed by atoms with van der Waals surface area (Å²) in [7, 11) is 1.75. The Morgan fingerprint density at radius 2 is 1.87 bits per heavy atom. The van der Waals surface area contributed by atoms with Gasteiger partial charge in [-0.05, 0) is 20.9 Å². The normalized spacial score (nSPS) is 16.5. The molecule has 0 rings (SSSR count). The second-order valence-electron chi connectivity index (χ2n) is 3.07. The first kappa shape index (κ1) is 14.0. The molecule has 86 valence electrons. The Balaban J connectivity index is 4.41. The molecule has 0 radical (unpaired) electrons. The van der Waals surface area contributed by atoms with Crippen molar-refractivity contribution in [3.63, 3.8) is 0 Å². The smallest absolute Gasteiger partial charge is 0.310 e. The second kappa shape index (κ2) is 6.45. The van der Waals surface area contributed by atoms with Gasteiger partial charge in [0.1, 0.15) is 0 Å². The summed E-state index contributed by atoms with van der Waals surface area (Å²) in [6.07, 6.45) is 3.59. The molecule has 0 aliphatic rings. The van der Waals surface area contributed by atoms with Crippen LogP contribution in [0.1, 0.15) is 13.8 Å². The van der Waals surface area contributed by atoms with Gasteiger partial charge in [-0.3, -0.25) is 0 Å². The van der Waals surface area contributed by atoms with Gasteiger partial charge in [0.2, 0.25) is 0 Å². The van der Waals surface area contributed by atoms with Crippen molar-refractivity contribution in [2.24, 2.45) is 0 Å². The van der Waals surface area contributed by atoms with Gasteiger partial charge >= 0.3 is 6.18 Å². The Hall–Kier alpha value is -1.03. The van der Waals surface area contributed by atoms with Crippen molar-refractivity contribution in [3.8, 4) is 0 Å². The van der Waals surface area contributed by atoms with E-state index in [0.29, 0.717) is 0 Å². The second-order valence-corrected chi connectivity index (χ2v) is 3.07. The minimum atomic E-state index is -4.24. The van der Waals surface area contributed by atoms with E-state index < -0.39 is 11.7 Å². The standard InChI is InChI=1S/C11H16F3N/c1-4-6-10(15-3)8-5-7-9(2)11(12,13)14/h4-8,10,15H,1-3H3/b6-4-,8-5?,9-7+. The van der Waals surface area contributed by atoms with Crippen LogP contribution in [0.25, 0.3) is 0 Å². The molecule has 1 N–H and O–H groups in total. The summed E-state index contributed by atoms with van der Waals surface area (Å²) in [5, 5.41) is 2.93. The maximum absolute atomic E-state index is 12.1. The van der Waals surface area contributed by atoms with Crippen molar-refractivity contribution in [3.05, 3.63) is 36.0 Å². The summed E-state index contributed by atoms with van der Waals surface area (Å²) in [4.78, 5) is 0. The van der Waals surface area contributed by atoms with Gasteiger partial charge in [0.05, 0.1) is 0 Å². The Labute approximate surface area is 88.4 Å². The van der Waals surface area contributed by atoms with Gasteiger partial charge < -0.3 is 5.32 Å². The largest absolute Gasteiger partial charge is 0.412 e. The zero-order valence-corrected chi connectivity index (χ0v) is 9.10. The molecule has 1 atom stereocenters. The first-order valence-corrected chi connectivity index (χ1v) is 4.64. The average molecular weight is 219 g/mol. The lowest BCUT2D eigenvalue weighted by molar-refractivity contribution is -0.0912. The SMILES string of the molecule is C/C=C\C(C=C/C=C(\C)C(F)(F)F)NC. The fourth-order valence-electron chi connectivity index (χ4n) is 0.878. The van der Waals surface area contributed by atoms with E-state index in [9.17, 15) is 13.2 Å². The third-order valence-corrected chi connectivity index (χ3v) is 1.84. The third kappa shape index (κ3) is 6.12. The lowest BCUT2D eigenvalue weighted by Crippen LogP contribution is -2.19. The van der Waals surface area contributed by atoms with E-state index in [1.807, 2.05) is 19.1 Å². The third-order valence-electron chi connectivity index (χ3n) is 1.84. The van der Waals surface area contributed by atoms with Crippen LogP contribution in [0.3, 0.4) is 0 Å².